The van der Waals surface area contributed by atoms with Crippen LogP contribution in [0.25, 0.3) is 0 Å². The van der Waals surface area contributed by atoms with Crippen molar-refractivity contribution >= 4 is 45.7 Å². The van der Waals surface area contributed by atoms with Gasteiger partial charge >= 0.3 is 0 Å². The van der Waals surface area contributed by atoms with Gasteiger partial charge in [0.15, 0.2) is 0 Å². The van der Waals surface area contributed by atoms with Crippen molar-refractivity contribution in [2.24, 2.45) is 4.99 Å². The molecule has 0 bridgehead atoms. The SMILES string of the molecule is Cc1ccc(NC(=O)c2c(N=Cc3ccccc3Cl)sc3c2CCCCCC3)cc1C. The average Bonchev–Trinajstić information content (AvgIpc) is 3.06. The molecular formula is C26H27ClN2OS. The van der Waals surface area contributed by atoms with Crippen LogP contribution < -0.4 is 5.32 Å². The van der Waals surface area contributed by atoms with Gasteiger partial charge in [-0.2, -0.15) is 0 Å². The van der Waals surface area contributed by atoms with Crippen LogP contribution in [0.15, 0.2) is 47.5 Å². The second-order valence-electron chi connectivity index (χ2n) is 8.13. The first-order valence-corrected chi connectivity index (χ1v) is 12.0. The number of halogens is 1. The topological polar surface area (TPSA) is 41.5 Å². The van der Waals surface area contributed by atoms with Crippen molar-refractivity contribution in [2.75, 3.05) is 5.32 Å². The molecule has 1 amide bonds. The molecule has 0 radical (unpaired) electrons. The summed E-state index contributed by atoms with van der Waals surface area (Å²) in [6, 6.07) is 13.7. The Kier molecular flexibility index (Phi) is 6.89. The molecule has 1 aromatic heterocycles. The lowest BCUT2D eigenvalue weighted by Gasteiger charge is -2.12. The van der Waals surface area contributed by atoms with Crippen LogP contribution in [0.3, 0.4) is 0 Å². The highest BCUT2D eigenvalue weighted by Gasteiger charge is 2.24. The standard InChI is InChI=1S/C26H27ClN2OS/c1-17-13-14-20(15-18(17)2)29-25(30)24-21-10-5-3-4-6-12-23(21)31-26(24)28-16-19-9-7-8-11-22(19)27/h7-9,11,13-16H,3-6,10,12H2,1-2H3,(H,29,30). The Balaban J connectivity index is 1.72. The number of aliphatic imine (C=N–C) groups is 1. The second-order valence-corrected chi connectivity index (χ2v) is 9.62. The molecular weight excluding hydrogens is 424 g/mol. The fraction of sp³-hybridized carbons (Fsp3) is 0.308. The Morgan fingerprint density at radius 3 is 2.58 bits per heavy atom. The van der Waals surface area contributed by atoms with E-state index in [1.54, 1.807) is 17.6 Å². The number of benzene rings is 2. The van der Waals surface area contributed by atoms with Crippen LogP contribution in [-0.4, -0.2) is 12.1 Å². The van der Waals surface area contributed by atoms with Crippen molar-refractivity contribution in [2.45, 2.75) is 52.4 Å². The molecule has 0 atom stereocenters. The molecule has 5 heteroatoms. The highest BCUT2D eigenvalue weighted by Crippen LogP contribution is 2.39. The van der Waals surface area contributed by atoms with Gasteiger partial charge in [0.2, 0.25) is 0 Å². The quantitative estimate of drug-likeness (QED) is 0.407. The highest BCUT2D eigenvalue weighted by molar-refractivity contribution is 7.16. The molecule has 0 saturated carbocycles. The van der Waals surface area contributed by atoms with E-state index in [4.69, 9.17) is 16.6 Å². The summed E-state index contributed by atoms with van der Waals surface area (Å²) in [4.78, 5) is 19.5. The summed E-state index contributed by atoms with van der Waals surface area (Å²) in [5.41, 5.74) is 5.95. The average molecular weight is 451 g/mol. The smallest absolute Gasteiger partial charge is 0.259 e. The van der Waals surface area contributed by atoms with E-state index in [1.807, 2.05) is 42.5 Å². The van der Waals surface area contributed by atoms with Gasteiger partial charge in [-0.15, -0.1) is 11.3 Å². The van der Waals surface area contributed by atoms with Crippen LogP contribution >= 0.6 is 22.9 Å². The number of nitrogens with zero attached hydrogens (tertiary/aromatic N) is 1. The van der Waals surface area contributed by atoms with E-state index in [0.29, 0.717) is 5.02 Å². The predicted octanol–water partition coefficient (Wildman–Crippen LogP) is 7.68. The summed E-state index contributed by atoms with van der Waals surface area (Å²) < 4.78 is 0. The number of carbonyl (C=O) groups excluding carboxylic acids is 1. The zero-order valence-electron chi connectivity index (χ0n) is 18.0. The minimum Gasteiger partial charge on any atom is -0.322 e. The van der Waals surface area contributed by atoms with Gasteiger partial charge in [-0.05, 0) is 74.4 Å². The van der Waals surface area contributed by atoms with Crippen molar-refractivity contribution in [3.63, 3.8) is 0 Å². The first-order valence-electron chi connectivity index (χ1n) is 10.8. The molecule has 1 heterocycles. The molecule has 3 nitrogen and oxygen atoms in total. The normalized spacial score (nSPS) is 14.2. The third kappa shape index (κ3) is 5.08. The molecule has 0 aliphatic heterocycles. The fourth-order valence-electron chi connectivity index (χ4n) is 3.95. The van der Waals surface area contributed by atoms with Crippen LogP contribution in [0.5, 0.6) is 0 Å². The number of aryl methyl sites for hydroxylation is 3. The van der Waals surface area contributed by atoms with Gasteiger partial charge < -0.3 is 5.32 Å². The summed E-state index contributed by atoms with van der Waals surface area (Å²) in [6.07, 6.45) is 8.47. The monoisotopic (exact) mass is 450 g/mol. The molecule has 0 spiro atoms. The molecule has 3 aromatic rings. The number of nitrogens with one attached hydrogen (secondary N) is 1. The molecule has 4 rings (SSSR count). The summed E-state index contributed by atoms with van der Waals surface area (Å²) >= 11 is 7.96. The van der Waals surface area contributed by atoms with Crippen molar-refractivity contribution in [1.82, 2.24) is 0 Å². The minimum absolute atomic E-state index is 0.0763. The van der Waals surface area contributed by atoms with Crippen LogP contribution in [0.4, 0.5) is 10.7 Å². The van der Waals surface area contributed by atoms with Crippen molar-refractivity contribution in [3.05, 3.63) is 80.2 Å². The van der Waals surface area contributed by atoms with Gasteiger partial charge in [0.05, 0.1) is 5.56 Å². The van der Waals surface area contributed by atoms with E-state index in [9.17, 15) is 4.79 Å². The van der Waals surface area contributed by atoms with E-state index >= 15 is 0 Å². The van der Waals surface area contributed by atoms with Crippen molar-refractivity contribution in [3.8, 4) is 0 Å². The highest BCUT2D eigenvalue weighted by atomic mass is 35.5. The number of anilines is 1. The van der Waals surface area contributed by atoms with E-state index in [0.717, 1.165) is 46.6 Å². The first-order chi connectivity index (χ1) is 15.0. The maximum absolute atomic E-state index is 13.4. The van der Waals surface area contributed by atoms with Crippen molar-refractivity contribution in [1.29, 1.82) is 0 Å². The molecule has 1 aliphatic carbocycles. The Labute approximate surface area is 193 Å². The lowest BCUT2D eigenvalue weighted by Crippen LogP contribution is -2.14. The zero-order valence-corrected chi connectivity index (χ0v) is 19.6. The van der Waals surface area contributed by atoms with E-state index in [-0.39, 0.29) is 5.91 Å². The molecule has 1 N–H and O–H groups in total. The van der Waals surface area contributed by atoms with Gasteiger partial charge in [0.25, 0.3) is 5.91 Å². The number of carbonyl (C=O) groups is 1. The van der Waals surface area contributed by atoms with Crippen LogP contribution in [0, 0.1) is 13.8 Å². The Morgan fingerprint density at radius 2 is 1.81 bits per heavy atom. The van der Waals surface area contributed by atoms with E-state index in [1.165, 1.54) is 35.3 Å². The van der Waals surface area contributed by atoms with Gasteiger partial charge in [-0.25, -0.2) is 4.99 Å². The van der Waals surface area contributed by atoms with Gasteiger partial charge in [-0.1, -0.05) is 48.7 Å². The summed E-state index contributed by atoms with van der Waals surface area (Å²) in [5, 5.41) is 4.54. The predicted molar refractivity (Wildman–Crippen MR) is 133 cm³/mol. The van der Waals surface area contributed by atoms with Crippen molar-refractivity contribution < 1.29 is 4.79 Å². The number of rotatable bonds is 4. The van der Waals surface area contributed by atoms with Crippen LogP contribution in [0.1, 0.15) is 63.2 Å². The maximum Gasteiger partial charge on any atom is 0.259 e. The molecule has 0 unspecified atom stereocenters. The lowest BCUT2D eigenvalue weighted by atomic mass is 9.96. The number of thiophene rings is 1. The summed E-state index contributed by atoms with van der Waals surface area (Å²) in [5.74, 6) is -0.0763. The molecule has 0 fully saturated rings. The van der Waals surface area contributed by atoms with Gasteiger partial charge in [0.1, 0.15) is 5.00 Å². The Hall–Kier alpha value is -2.43. The molecule has 160 valence electrons. The maximum atomic E-state index is 13.4. The Morgan fingerprint density at radius 1 is 1.03 bits per heavy atom. The zero-order chi connectivity index (χ0) is 21.8. The fourth-order valence-corrected chi connectivity index (χ4v) is 5.37. The number of hydrogen-bond acceptors (Lipinski definition) is 3. The van der Waals surface area contributed by atoms with E-state index < -0.39 is 0 Å². The van der Waals surface area contributed by atoms with Crippen LogP contribution in [0.2, 0.25) is 5.02 Å². The Bertz CT molecular complexity index is 1130. The van der Waals surface area contributed by atoms with Gasteiger partial charge in [-0.3, -0.25) is 4.79 Å². The number of hydrogen-bond donors (Lipinski definition) is 1. The third-order valence-corrected chi connectivity index (χ3v) is 7.41. The number of amides is 1. The first kappa shape index (κ1) is 21.8. The summed E-state index contributed by atoms with van der Waals surface area (Å²) in [7, 11) is 0. The molecule has 1 aliphatic rings. The van der Waals surface area contributed by atoms with Gasteiger partial charge in [0, 0.05) is 27.4 Å². The lowest BCUT2D eigenvalue weighted by molar-refractivity contribution is 0.102. The number of fused-ring (bicyclic) bond motifs is 1. The van der Waals surface area contributed by atoms with Crippen LogP contribution in [-0.2, 0) is 12.8 Å². The second kappa shape index (κ2) is 9.80. The molecule has 0 saturated heterocycles. The molecule has 31 heavy (non-hydrogen) atoms. The largest absolute Gasteiger partial charge is 0.322 e. The van der Waals surface area contributed by atoms with E-state index in [2.05, 4.69) is 19.2 Å². The minimum atomic E-state index is -0.0763. The molecule has 2 aromatic carbocycles. The third-order valence-electron chi connectivity index (χ3n) is 5.87. The summed E-state index contributed by atoms with van der Waals surface area (Å²) in [6.45, 7) is 4.13.